The maximum atomic E-state index is 11.7. The quantitative estimate of drug-likeness (QED) is 0.578. The normalized spacial score (nSPS) is 19.7. The van der Waals surface area contributed by atoms with E-state index in [1.807, 2.05) is 13.8 Å². The third kappa shape index (κ3) is 6.72. The lowest BCUT2D eigenvalue weighted by Crippen LogP contribution is -2.51. The van der Waals surface area contributed by atoms with Crippen LogP contribution in [0.1, 0.15) is 27.7 Å². The average molecular weight is 314 g/mol. The summed E-state index contributed by atoms with van der Waals surface area (Å²) >= 11 is 0. The summed E-state index contributed by atoms with van der Waals surface area (Å²) in [5, 5.41) is 5.36. The molecule has 0 unspecified atom stereocenters. The van der Waals surface area contributed by atoms with Gasteiger partial charge in [-0.05, 0) is 19.8 Å². The van der Waals surface area contributed by atoms with E-state index in [1.54, 1.807) is 0 Å². The molecule has 22 heavy (non-hydrogen) atoms. The Morgan fingerprint density at radius 2 is 2.00 bits per heavy atom. The molecule has 1 fully saturated rings. The first kappa shape index (κ1) is 18.9. The van der Waals surface area contributed by atoms with Crippen LogP contribution in [0.3, 0.4) is 0 Å². The van der Waals surface area contributed by atoms with Crippen molar-refractivity contribution in [1.29, 1.82) is 0 Å². The summed E-state index contributed by atoms with van der Waals surface area (Å²) in [5.74, 6) is -0.440. The second-order valence-corrected chi connectivity index (χ2v) is 6.72. The minimum Gasteiger partial charge on any atom is -0.373 e. The van der Waals surface area contributed by atoms with Crippen LogP contribution in [0, 0.1) is 5.92 Å². The van der Waals surface area contributed by atoms with E-state index < -0.39 is 6.04 Å². The molecule has 0 radical (unpaired) electrons. The number of ether oxygens (including phenoxy) is 1. The highest BCUT2D eigenvalue weighted by atomic mass is 16.5. The molecule has 0 aromatic rings. The molecule has 1 atom stereocenters. The molecule has 1 aliphatic rings. The van der Waals surface area contributed by atoms with Crippen LogP contribution >= 0.6 is 0 Å². The molecule has 0 aromatic heterocycles. The fourth-order valence-corrected chi connectivity index (χ4v) is 2.31. The first-order chi connectivity index (χ1) is 10.2. The van der Waals surface area contributed by atoms with Gasteiger partial charge in [-0.1, -0.05) is 13.8 Å². The Morgan fingerprint density at radius 1 is 1.32 bits per heavy atom. The maximum Gasteiger partial charge on any atom is 0.239 e. The molecule has 0 aromatic carbocycles. The highest BCUT2D eigenvalue weighted by Crippen LogP contribution is 2.15. The summed E-state index contributed by atoms with van der Waals surface area (Å²) in [4.78, 5) is 25.6. The van der Waals surface area contributed by atoms with E-state index in [0.717, 1.165) is 19.6 Å². The van der Waals surface area contributed by atoms with E-state index in [-0.39, 0.29) is 29.9 Å². The van der Waals surface area contributed by atoms with E-state index in [1.165, 1.54) is 0 Å². The number of morpholine rings is 1. The van der Waals surface area contributed by atoms with Gasteiger partial charge in [0.25, 0.3) is 0 Å². The lowest BCUT2D eigenvalue weighted by atomic mass is 10.1. The average Bonchev–Trinajstić information content (AvgIpc) is 2.42. The Kier molecular flexibility index (Phi) is 7.25. The summed E-state index contributed by atoms with van der Waals surface area (Å²) in [6, 6.07) is -0.580. The van der Waals surface area contributed by atoms with Crippen molar-refractivity contribution in [2.24, 2.45) is 11.7 Å². The SMILES string of the molecule is CC(C)[C@H](N)C(=O)NCC(=O)NCCN1CCOC(C)(C)C1. The summed E-state index contributed by atoms with van der Waals surface area (Å²) in [6.07, 6.45) is 0. The van der Waals surface area contributed by atoms with Gasteiger partial charge in [0.2, 0.25) is 11.8 Å². The molecule has 7 heteroatoms. The van der Waals surface area contributed by atoms with Crippen molar-refractivity contribution in [2.45, 2.75) is 39.3 Å². The first-order valence-electron chi connectivity index (χ1n) is 7.87. The molecule has 7 nitrogen and oxygen atoms in total. The zero-order chi connectivity index (χ0) is 16.8. The van der Waals surface area contributed by atoms with E-state index >= 15 is 0 Å². The van der Waals surface area contributed by atoms with Crippen LogP contribution in [-0.2, 0) is 14.3 Å². The molecule has 2 amide bonds. The third-order valence-corrected chi connectivity index (χ3v) is 3.70. The molecular formula is C15H30N4O3. The highest BCUT2D eigenvalue weighted by molar-refractivity contribution is 5.87. The van der Waals surface area contributed by atoms with Crippen LogP contribution < -0.4 is 16.4 Å². The van der Waals surface area contributed by atoms with Crippen LogP contribution in [0.25, 0.3) is 0 Å². The van der Waals surface area contributed by atoms with Crippen LogP contribution in [0.5, 0.6) is 0 Å². The molecule has 1 rings (SSSR count). The number of nitrogens with one attached hydrogen (secondary N) is 2. The monoisotopic (exact) mass is 314 g/mol. The second kappa shape index (κ2) is 8.45. The van der Waals surface area contributed by atoms with E-state index in [0.29, 0.717) is 13.2 Å². The summed E-state index contributed by atoms with van der Waals surface area (Å²) < 4.78 is 5.64. The molecule has 0 aliphatic carbocycles. The minimum absolute atomic E-state index is 0.0339. The lowest BCUT2D eigenvalue weighted by Gasteiger charge is -2.38. The van der Waals surface area contributed by atoms with Gasteiger partial charge in [-0.3, -0.25) is 14.5 Å². The van der Waals surface area contributed by atoms with E-state index in [2.05, 4.69) is 29.4 Å². The number of carbonyl (C=O) groups is 2. The largest absolute Gasteiger partial charge is 0.373 e. The van der Waals surface area contributed by atoms with E-state index in [9.17, 15) is 9.59 Å². The van der Waals surface area contributed by atoms with Crippen LogP contribution in [-0.4, -0.2) is 67.7 Å². The van der Waals surface area contributed by atoms with Crippen molar-refractivity contribution in [2.75, 3.05) is 39.3 Å². The predicted octanol–water partition coefficient (Wildman–Crippen LogP) is -0.687. The number of hydrogen-bond acceptors (Lipinski definition) is 5. The zero-order valence-electron chi connectivity index (χ0n) is 14.1. The molecular weight excluding hydrogens is 284 g/mol. The second-order valence-electron chi connectivity index (χ2n) is 6.72. The molecule has 0 spiro atoms. The Labute approximate surface area is 132 Å². The van der Waals surface area contributed by atoms with Gasteiger partial charge >= 0.3 is 0 Å². The highest BCUT2D eigenvalue weighted by Gasteiger charge is 2.26. The maximum absolute atomic E-state index is 11.7. The Bertz CT molecular complexity index is 385. The molecule has 128 valence electrons. The topological polar surface area (TPSA) is 96.7 Å². The molecule has 1 heterocycles. The lowest BCUT2D eigenvalue weighted by molar-refractivity contribution is -0.127. The molecule has 0 saturated carbocycles. The number of amides is 2. The van der Waals surface area contributed by atoms with Gasteiger partial charge in [0.15, 0.2) is 0 Å². The van der Waals surface area contributed by atoms with Crippen molar-refractivity contribution in [1.82, 2.24) is 15.5 Å². The van der Waals surface area contributed by atoms with Crippen molar-refractivity contribution < 1.29 is 14.3 Å². The Morgan fingerprint density at radius 3 is 2.59 bits per heavy atom. The van der Waals surface area contributed by atoms with Crippen LogP contribution in [0.4, 0.5) is 0 Å². The standard InChI is InChI=1S/C15H30N4O3/c1-11(2)13(16)14(21)18-9-12(20)17-5-6-19-7-8-22-15(3,4)10-19/h11,13H,5-10,16H2,1-4H3,(H,17,20)(H,18,21)/t13-/m0/s1. The molecule has 1 aliphatic heterocycles. The third-order valence-electron chi connectivity index (χ3n) is 3.70. The van der Waals surface area contributed by atoms with Gasteiger partial charge in [-0.2, -0.15) is 0 Å². The van der Waals surface area contributed by atoms with Crippen LogP contribution in [0.15, 0.2) is 0 Å². The van der Waals surface area contributed by atoms with Gasteiger partial charge in [-0.15, -0.1) is 0 Å². The first-order valence-corrected chi connectivity index (χ1v) is 7.87. The molecule has 1 saturated heterocycles. The van der Waals surface area contributed by atoms with Gasteiger partial charge < -0.3 is 21.1 Å². The Hall–Kier alpha value is -1.18. The number of hydrogen-bond donors (Lipinski definition) is 3. The number of carbonyl (C=O) groups excluding carboxylic acids is 2. The van der Waals surface area contributed by atoms with Crippen molar-refractivity contribution >= 4 is 11.8 Å². The van der Waals surface area contributed by atoms with Crippen LogP contribution in [0.2, 0.25) is 0 Å². The number of nitrogens with zero attached hydrogens (tertiary/aromatic N) is 1. The number of nitrogens with two attached hydrogens (primary N) is 1. The Balaban J connectivity index is 2.17. The smallest absolute Gasteiger partial charge is 0.239 e. The zero-order valence-corrected chi connectivity index (χ0v) is 14.1. The van der Waals surface area contributed by atoms with Gasteiger partial charge in [-0.25, -0.2) is 0 Å². The van der Waals surface area contributed by atoms with Gasteiger partial charge in [0.1, 0.15) is 0 Å². The van der Waals surface area contributed by atoms with Crippen molar-refractivity contribution in [3.05, 3.63) is 0 Å². The summed E-state index contributed by atoms with van der Waals surface area (Å²) in [7, 11) is 0. The van der Waals surface area contributed by atoms with Crippen molar-refractivity contribution in [3.8, 4) is 0 Å². The van der Waals surface area contributed by atoms with Gasteiger partial charge in [0, 0.05) is 26.2 Å². The summed E-state index contributed by atoms with van der Waals surface area (Å²) in [5.41, 5.74) is 5.57. The van der Waals surface area contributed by atoms with E-state index in [4.69, 9.17) is 10.5 Å². The fourth-order valence-electron chi connectivity index (χ4n) is 2.31. The predicted molar refractivity (Wildman–Crippen MR) is 85.3 cm³/mol. The minimum atomic E-state index is -0.580. The fraction of sp³-hybridized carbons (Fsp3) is 0.867. The number of rotatable bonds is 7. The molecule has 4 N–H and O–H groups in total. The van der Waals surface area contributed by atoms with Gasteiger partial charge in [0.05, 0.1) is 24.8 Å². The molecule has 0 bridgehead atoms. The van der Waals surface area contributed by atoms with Crippen molar-refractivity contribution in [3.63, 3.8) is 0 Å². The summed E-state index contributed by atoms with van der Waals surface area (Å²) in [6.45, 7) is 11.6.